The number of hydrogen-bond donors (Lipinski definition) is 0. The third-order valence-electron chi connectivity index (χ3n) is 7.59. The molecule has 6 rings (SSSR count). The molecule has 0 radical (unpaired) electrons. The van der Waals surface area contributed by atoms with E-state index in [1.54, 1.807) is 0 Å². The molecule has 0 amide bonds. The van der Waals surface area contributed by atoms with Gasteiger partial charge in [0.05, 0.1) is 39.1 Å². The first-order chi connectivity index (χ1) is 21.2. The molecule has 0 saturated carbocycles. The first-order valence-corrected chi connectivity index (χ1v) is 15.6. The summed E-state index contributed by atoms with van der Waals surface area (Å²) in [5, 5.41) is 0. The molecular weight excluding hydrogens is 651 g/mol. The van der Waals surface area contributed by atoms with Crippen LogP contribution in [0.1, 0.15) is 40.2 Å². The van der Waals surface area contributed by atoms with Gasteiger partial charge in [-0.3, -0.25) is 0 Å². The Labute approximate surface area is 266 Å². The summed E-state index contributed by atoms with van der Waals surface area (Å²) in [5.41, 5.74) is 4.40. The predicted octanol–water partition coefficient (Wildman–Crippen LogP) is 7.69. The highest BCUT2D eigenvalue weighted by Gasteiger charge is 2.46. The average molecular weight is 687 g/mol. The number of rotatable bonds is 13. The molecule has 4 atom stereocenters. The van der Waals surface area contributed by atoms with Crippen LogP contribution < -0.4 is 0 Å². The molecule has 0 aliphatic carbocycles. The van der Waals surface area contributed by atoms with E-state index in [2.05, 4.69) is 81.9 Å². The predicted molar refractivity (Wildman–Crippen MR) is 174 cm³/mol. The number of halogens is 1. The smallest absolute Gasteiger partial charge is 0.144 e. The molecule has 6 nitrogen and oxygen atoms in total. The second kappa shape index (κ2) is 14.9. The van der Waals surface area contributed by atoms with Crippen molar-refractivity contribution in [2.24, 2.45) is 0 Å². The molecule has 4 aromatic carbocycles. The molecule has 1 aliphatic heterocycles. The van der Waals surface area contributed by atoms with Crippen molar-refractivity contribution < 1.29 is 18.9 Å². The SMILES string of the molecule is Ic1cn2c(n1)[C@H](OCc1ccccc1)[C@@H](OCc1ccccc1)[C@H](OCc1ccccc1)[C@H]2COCc1ccccc1. The number of nitrogens with zero attached hydrogens (tertiary/aromatic N) is 2. The second-order valence-electron chi connectivity index (χ2n) is 10.6. The van der Waals surface area contributed by atoms with E-state index in [0.29, 0.717) is 33.0 Å². The van der Waals surface area contributed by atoms with E-state index in [-0.39, 0.29) is 12.1 Å². The largest absolute Gasteiger partial charge is 0.375 e. The van der Waals surface area contributed by atoms with Crippen LogP contribution in [0.5, 0.6) is 0 Å². The van der Waals surface area contributed by atoms with Gasteiger partial charge < -0.3 is 23.5 Å². The monoisotopic (exact) mass is 686 g/mol. The number of imidazole rings is 1. The van der Waals surface area contributed by atoms with Gasteiger partial charge in [-0.25, -0.2) is 4.98 Å². The van der Waals surface area contributed by atoms with E-state index in [1.165, 1.54) is 0 Å². The van der Waals surface area contributed by atoms with Gasteiger partial charge in [-0.2, -0.15) is 0 Å². The van der Waals surface area contributed by atoms with Gasteiger partial charge in [0.25, 0.3) is 0 Å². The molecule has 1 aromatic heterocycles. The lowest BCUT2D eigenvalue weighted by Gasteiger charge is -2.42. The van der Waals surface area contributed by atoms with Crippen LogP contribution in [0.25, 0.3) is 0 Å². The summed E-state index contributed by atoms with van der Waals surface area (Å²) in [4.78, 5) is 4.95. The summed E-state index contributed by atoms with van der Waals surface area (Å²) in [6.07, 6.45) is 0.831. The van der Waals surface area contributed by atoms with Crippen molar-refractivity contribution in [2.75, 3.05) is 6.61 Å². The normalized spacial score (nSPS) is 19.7. The fourth-order valence-electron chi connectivity index (χ4n) is 5.45. The molecule has 1 aliphatic rings. The Morgan fingerprint density at radius 2 is 1.00 bits per heavy atom. The average Bonchev–Trinajstić information content (AvgIpc) is 3.45. The molecular formula is C36H35IN2O4. The van der Waals surface area contributed by atoms with Gasteiger partial charge in [0.15, 0.2) is 0 Å². The number of aromatic nitrogens is 2. The molecule has 0 saturated heterocycles. The Morgan fingerprint density at radius 1 is 0.558 bits per heavy atom. The topological polar surface area (TPSA) is 54.7 Å². The van der Waals surface area contributed by atoms with Crippen molar-refractivity contribution in [1.82, 2.24) is 9.55 Å². The minimum absolute atomic E-state index is 0.171. The van der Waals surface area contributed by atoms with Crippen LogP contribution in [0.15, 0.2) is 128 Å². The summed E-state index contributed by atoms with van der Waals surface area (Å²) in [6.45, 7) is 2.24. The third kappa shape index (κ3) is 7.79. The lowest BCUT2D eigenvalue weighted by atomic mass is 9.95. The van der Waals surface area contributed by atoms with Crippen LogP contribution in [0.2, 0.25) is 0 Å². The quantitative estimate of drug-likeness (QED) is 0.119. The fourth-order valence-corrected chi connectivity index (χ4v) is 5.99. The Kier molecular flexibility index (Phi) is 10.3. The molecule has 5 aromatic rings. The highest BCUT2D eigenvalue weighted by molar-refractivity contribution is 14.1. The van der Waals surface area contributed by atoms with E-state index in [0.717, 1.165) is 31.8 Å². The minimum Gasteiger partial charge on any atom is -0.375 e. The number of hydrogen-bond acceptors (Lipinski definition) is 5. The summed E-state index contributed by atoms with van der Waals surface area (Å²) in [7, 11) is 0. The molecule has 0 fully saturated rings. The van der Waals surface area contributed by atoms with E-state index < -0.39 is 12.2 Å². The fraction of sp³-hybridized carbons (Fsp3) is 0.250. The standard InChI is InChI=1S/C36H35IN2O4/c37-32-21-39-31(26-40-22-27-13-5-1-6-14-27)33(41-23-28-15-7-2-8-16-28)34(42-24-29-17-9-3-10-18-29)35(36(39)38-32)43-25-30-19-11-4-12-20-30/h1-21,31,33-35H,22-26H2/t31-,33-,34+,35-/m1/s1. The van der Waals surface area contributed by atoms with E-state index in [9.17, 15) is 0 Å². The summed E-state index contributed by atoms with van der Waals surface area (Å²) in [6, 6.07) is 40.7. The molecule has 2 heterocycles. The van der Waals surface area contributed by atoms with E-state index >= 15 is 0 Å². The number of benzene rings is 4. The molecule has 7 heteroatoms. The number of fused-ring (bicyclic) bond motifs is 1. The summed E-state index contributed by atoms with van der Waals surface area (Å²) in [5.74, 6) is 0.825. The number of ether oxygens (including phenoxy) is 4. The van der Waals surface area contributed by atoms with Crippen molar-refractivity contribution in [3.63, 3.8) is 0 Å². The minimum atomic E-state index is -0.446. The van der Waals surface area contributed by atoms with Crippen molar-refractivity contribution in [1.29, 1.82) is 0 Å². The van der Waals surface area contributed by atoms with Crippen LogP contribution >= 0.6 is 22.6 Å². The maximum absolute atomic E-state index is 6.80. The van der Waals surface area contributed by atoms with Gasteiger partial charge in [0, 0.05) is 6.20 Å². The highest BCUT2D eigenvalue weighted by atomic mass is 127. The Morgan fingerprint density at radius 3 is 1.51 bits per heavy atom. The van der Waals surface area contributed by atoms with Crippen molar-refractivity contribution >= 4 is 22.6 Å². The lowest BCUT2D eigenvalue weighted by molar-refractivity contribution is -0.188. The highest BCUT2D eigenvalue weighted by Crippen LogP contribution is 2.40. The van der Waals surface area contributed by atoms with E-state index in [4.69, 9.17) is 23.9 Å². The van der Waals surface area contributed by atoms with Gasteiger partial charge in [0.2, 0.25) is 0 Å². The van der Waals surface area contributed by atoms with Gasteiger partial charge in [0.1, 0.15) is 27.8 Å². The van der Waals surface area contributed by atoms with Crippen molar-refractivity contribution in [3.8, 4) is 0 Å². The Balaban J connectivity index is 1.33. The van der Waals surface area contributed by atoms with Crippen molar-refractivity contribution in [3.05, 3.63) is 159 Å². The zero-order valence-corrected chi connectivity index (χ0v) is 26.0. The molecule has 0 bridgehead atoms. The first kappa shape index (κ1) is 29.7. The molecule has 0 N–H and O–H groups in total. The Hall–Kier alpha value is -3.34. The van der Waals surface area contributed by atoms with Crippen LogP contribution in [0, 0.1) is 3.70 Å². The summed E-state index contributed by atoms with van der Waals surface area (Å²) < 4.78 is 29.7. The van der Waals surface area contributed by atoms with Crippen LogP contribution in [-0.4, -0.2) is 28.4 Å². The van der Waals surface area contributed by atoms with Crippen LogP contribution in [0.3, 0.4) is 0 Å². The van der Waals surface area contributed by atoms with Crippen LogP contribution in [0.4, 0.5) is 0 Å². The van der Waals surface area contributed by atoms with E-state index in [1.807, 2.05) is 72.8 Å². The van der Waals surface area contributed by atoms with Gasteiger partial charge >= 0.3 is 0 Å². The zero-order valence-electron chi connectivity index (χ0n) is 23.9. The molecule has 0 unspecified atom stereocenters. The molecule has 0 spiro atoms. The van der Waals surface area contributed by atoms with Crippen LogP contribution in [-0.2, 0) is 45.4 Å². The zero-order chi connectivity index (χ0) is 29.3. The second-order valence-corrected chi connectivity index (χ2v) is 11.7. The third-order valence-corrected chi connectivity index (χ3v) is 8.11. The van der Waals surface area contributed by atoms with Crippen molar-refractivity contribution in [2.45, 2.75) is 50.8 Å². The maximum Gasteiger partial charge on any atom is 0.144 e. The van der Waals surface area contributed by atoms with Gasteiger partial charge in [-0.05, 0) is 44.8 Å². The first-order valence-electron chi connectivity index (χ1n) is 14.6. The van der Waals surface area contributed by atoms with Gasteiger partial charge in [-0.1, -0.05) is 121 Å². The molecule has 43 heavy (non-hydrogen) atoms. The summed E-state index contributed by atoms with van der Waals surface area (Å²) >= 11 is 2.27. The maximum atomic E-state index is 6.80. The lowest BCUT2D eigenvalue weighted by Crippen LogP contribution is -2.50. The molecule has 220 valence electrons. The Bertz CT molecular complexity index is 1530. The van der Waals surface area contributed by atoms with Gasteiger partial charge in [-0.15, -0.1) is 0 Å².